The Kier molecular flexibility index (Phi) is 3.18. The van der Waals surface area contributed by atoms with Crippen LogP contribution in [0.1, 0.15) is 15.5 Å². The van der Waals surface area contributed by atoms with Gasteiger partial charge in [0, 0.05) is 6.07 Å². The summed E-state index contributed by atoms with van der Waals surface area (Å²) in [7, 11) is 0. The normalized spacial score (nSPS) is 10.7. The van der Waals surface area contributed by atoms with E-state index in [9.17, 15) is 4.79 Å². The minimum absolute atomic E-state index is 0.0243. The third-order valence-electron chi connectivity index (χ3n) is 1.81. The van der Waals surface area contributed by atoms with E-state index in [1.807, 2.05) is 0 Å². The van der Waals surface area contributed by atoms with Crippen molar-refractivity contribution in [2.75, 3.05) is 0 Å². The van der Waals surface area contributed by atoms with Crippen molar-refractivity contribution in [1.82, 2.24) is 4.98 Å². The van der Waals surface area contributed by atoms with Crippen molar-refractivity contribution < 1.29 is 14.3 Å². The van der Waals surface area contributed by atoms with Crippen LogP contribution < -0.4 is 0 Å². The van der Waals surface area contributed by atoms with Crippen molar-refractivity contribution in [3.05, 3.63) is 25.9 Å². The Bertz CT molecular complexity index is 542. The zero-order valence-electron chi connectivity index (χ0n) is 7.95. The minimum Gasteiger partial charge on any atom is -0.476 e. The maximum Gasteiger partial charge on any atom is 0.356 e. The highest BCUT2D eigenvalue weighted by atomic mass is 79.9. The highest BCUT2D eigenvalue weighted by Crippen LogP contribution is 2.37. The Labute approximate surface area is 112 Å². The fourth-order valence-electron chi connectivity index (χ4n) is 1.20. The number of carboxylic acids is 1. The van der Waals surface area contributed by atoms with Crippen LogP contribution in [0.4, 0.5) is 0 Å². The van der Waals surface area contributed by atoms with Gasteiger partial charge in [0.25, 0.3) is 0 Å². The molecule has 16 heavy (non-hydrogen) atoms. The molecular formula is C9H5Br2NO3S. The average Bonchev–Trinajstić information content (AvgIpc) is 2.71. The number of furan rings is 1. The third kappa shape index (κ3) is 2.07. The number of carboxylic acid groups (broad SMARTS) is 1. The molecule has 7 heteroatoms. The molecule has 0 radical (unpaired) electrons. The topological polar surface area (TPSA) is 63.3 Å². The Morgan fingerprint density at radius 2 is 2.25 bits per heavy atom. The van der Waals surface area contributed by atoms with Gasteiger partial charge in [0.05, 0.1) is 9.48 Å². The van der Waals surface area contributed by atoms with E-state index in [0.29, 0.717) is 20.3 Å². The van der Waals surface area contributed by atoms with Crippen LogP contribution in [0.5, 0.6) is 0 Å². The third-order valence-corrected chi connectivity index (χ3v) is 4.50. The maximum absolute atomic E-state index is 11.0. The van der Waals surface area contributed by atoms with Crippen LogP contribution in [0.3, 0.4) is 0 Å². The molecule has 0 saturated carbocycles. The second kappa shape index (κ2) is 4.31. The lowest BCUT2D eigenvalue weighted by molar-refractivity contribution is 0.0692. The fraction of sp³-hybridized carbons (Fsp3) is 0.111. The van der Waals surface area contributed by atoms with Crippen LogP contribution in [-0.2, 0) is 0 Å². The first-order valence-electron chi connectivity index (χ1n) is 4.15. The van der Waals surface area contributed by atoms with E-state index in [4.69, 9.17) is 9.52 Å². The number of aromatic carboxylic acids is 1. The summed E-state index contributed by atoms with van der Waals surface area (Å²) in [5.41, 5.74) is 0.0243. The first kappa shape index (κ1) is 11.8. The molecule has 2 aromatic heterocycles. The molecular weight excluding hydrogens is 362 g/mol. The van der Waals surface area contributed by atoms with Gasteiger partial charge in [0.15, 0.2) is 10.4 Å². The molecule has 0 atom stereocenters. The molecule has 84 valence electrons. The van der Waals surface area contributed by atoms with Crippen molar-refractivity contribution >= 4 is 49.2 Å². The lowest BCUT2D eigenvalue weighted by Crippen LogP contribution is -1.98. The van der Waals surface area contributed by atoms with Gasteiger partial charge in [0.2, 0.25) is 0 Å². The predicted molar refractivity (Wildman–Crippen MR) is 66.9 cm³/mol. The standard InChI is InChI=1S/C9H5Br2NO3S/c1-3-12-6(9(13)14)7(16-3)5-2-4(10)8(11)15-5/h2H,1H3,(H,13,14). The molecule has 0 aliphatic heterocycles. The van der Waals surface area contributed by atoms with E-state index in [1.54, 1.807) is 13.0 Å². The highest BCUT2D eigenvalue weighted by Gasteiger charge is 2.20. The minimum atomic E-state index is -1.05. The van der Waals surface area contributed by atoms with Gasteiger partial charge in [-0.1, -0.05) is 0 Å². The Morgan fingerprint density at radius 3 is 2.75 bits per heavy atom. The van der Waals surface area contributed by atoms with Gasteiger partial charge in [-0.25, -0.2) is 9.78 Å². The van der Waals surface area contributed by atoms with Crippen molar-refractivity contribution in [2.24, 2.45) is 0 Å². The molecule has 1 N–H and O–H groups in total. The smallest absolute Gasteiger partial charge is 0.356 e. The quantitative estimate of drug-likeness (QED) is 0.874. The molecule has 0 amide bonds. The number of aryl methyl sites for hydroxylation is 1. The molecule has 2 aromatic rings. The molecule has 0 aliphatic rings. The number of rotatable bonds is 2. The van der Waals surface area contributed by atoms with Crippen LogP contribution in [0.25, 0.3) is 10.6 Å². The van der Waals surface area contributed by atoms with Crippen molar-refractivity contribution in [2.45, 2.75) is 6.92 Å². The highest BCUT2D eigenvalue weighted by molar-refractivity contribution is 9.13. The largest absolute Gasteiger partial charge is 0.476 e. The van der Waals surface area contributed by atoms with E-state index in [0.717, 1.165) is 4.47 Å². The van der Waals surface area contributed by atoms with E-state index < -0.39 is 5.97 Å². The SMILES string of the molecule is Cc1nc(C(=O)O)c(-c2cc(Br)c(Br)o2)s1. The molecule has 0 aromatic carbocycles. The summed E-state index contributed by atoms with van der Waals surface area (Å²) >= 11 is 7.77. The number of aromatic nitrogens is 1. The predicted octanol–water partition coefficient (Wildman–Crippen LogP) is 3.93. The zero-order chi connectivity index (χ0) is 11.9. The van der Waals surface area contributed by atoms with Gasteiger partial charge >= 0.3 is 5.97 Å². The molecule has 2 rings (SSSR count). The summed E-state index contributed by atoms with van der Waals surface area (Å²) in [4.78, 5) is 15.5. The number of nitrogens with zero attached hydrogens (tertiary/aromatic N) is 1. The monoisotopic (exact) mass is 365 g/mol. The summed E-state index contributed by atoms with van der Waals surface area (Å²) in [5.74, 6) is -0.565. The molecule has 0 saturated heterocycles. The summed E-state index contributed by atoms with van der Waals surface area (Å²) in [6, 6.07) is 1.71. The first-order valence-corrected chi connectivity index (χ1v) is 6.55. The number of halogens is 2. The zero-order valence-corrected chi connectivity index (χ0v) is 11.9. The first-order chi connectivity index (χ1) is 7.49. The summed E-state index contributed by atoms with van der Waals surface area (Å²) in [6.07, 6.45) is 0. The van der Waals surface area contributed by atoms with Gasteiger partial charge in [-0.3, -0.25) is 0 Å². The van der Waals surface area contributed by atoms with Crippen molar-refractivity contribution in [3.8, 4) is 10.6 Å². The Hall–Kier alpha value is -0.660. The molecule has 2 heterocycles. The van der Waals surface area contributed by atoms with Crippen LogP contribution in [0, 0.1) is 6.92 Å². The van der Waals surface area contributed by atoms with Crippen LogP contribution in [0.15, 0.2) is 19.6 Å². The molecule has 4 nitrogen and oxygen atoms in total. The van der Waals surface area contributed by atoms with Crippen LogP contribution in [0.2, 0.25) is 0 Å². The molecule has 0 spiro atoms. The summed E-state index contributed by atoms with van der Waals surface area (Å²) < 4.78 is 6.65. The number of hydrogen-bond donors (Lipinski definition) is 1. The van der Waals surface area contributed by atoms with E-state index in [2.05, 4.69) is 36.8 Å². The van der Waals surface area contributed by atoms with Gasteiger partial charge < -0.3 is 9.52 Å². The van der Waals surface area contributed by atoms with Gasteiger partial charge in [-0.15, -0.1) is 11.3 Å². The lowest BCUT2D eigenvalue weighted by atomic mass is 10.3. The fourth-order valence-corrected chi connectivity index (χ4v) is 2.64. The molecule has 0 fully saturated rings. The molecule has 0 aliphatic carbocycles. The second-order valence-electron chi connectivity index (χ2n) is 2.95. The summed E-state index contributed by atoms with van der Waals surface area (Å²) in [5, 5.41) is 9.69. The lowest BCUT2D eigenvalue weighted by Gasteiger charge is -1.92. The van der Waals surface area contributed by atoms with E-state index in [1.165, 1.54) is 11.3 Å². The molecule has 0 bridgehead atoms. The maximum atomic E-state index is 11.0. The number of hydrogen-bond acceptors (Lipinski definition) is 4. The van der Waals surface area contributed by atoms with Crippen molar-refractivity contribution in [3.63, 3.8) is 0 Å². The van der Waals surface area contributed by atoms with Gasteiger partial charge in [0.1, 0.15) is 10.6 Å². The molecule has 0 unspecified atom stereocenters. The Morgan fingerprint density at radius 1 is 1.56 bits per heavy atom. The average molecular weight is 367 g/mol. The summed E-state index contributed by atoms with van der Waals surface area (Å²) in [6.45, 7) is 1.76. The van der Waals surface area contributed by atoms with Crippen LogP contribution in [-0.4, -0.2) is 16.1 Å². The Balaban J connectivity index is 2.59. The van der Waals surface area contributed by atoms with Gasteiger partial charge in [-0.2, -0.15) is 0 Å². The van der Waals surface area contributed by atoms with E-state index >= 15 is 0 Å². The van der Waals surface area contributed by atoms with Crippen LogP contribution >= 0.6 is 43.2 Å². The number of thiazole rings is 1. The van der Waals surface area contributed by atoms with Gasteiger partial charge in [-0.05, 0) is 38.8 Å². The van der Waals surface area contributed by atoms with E-state index in [-0.39, 0.29) is 5.69 Å². The number of carbonyl (C=O) groups is 1. The van der Waals surface area contributed by atoms with Crippen molar-refractivity contribution in [1.29, 1.82) is 0 Å². The second-order valence-corrected chi connectivity index (χ2v) is 5.73.